The normalized spacial score (nSPS) is 11.5. The largest absolute Gasteiger partial charge is 1.00 e. The van der Waals surface area contributed by atoms with Crippen molar-refractivity contribution < 1.29 is 31.9 Å². The Kier molecular flexibility index (Phi) is 11.8. The van der Waals surface area contributed by atoms with Gasteiger partial charge in [0.2, 0.25) is 0 Å². The van der Waals surface area contributed by atoms with E-state index in [1.54, 1.807) is 0 Å². The van der Waals surface area contributed by atoms with Crippen LogP contribution in [-0.2, 0) is 19.5 Å². The second-order valence-corrected chi connectivity index (χ2v) is 12.1. The molecule has 1 unspecified atom stereocenters. The van der Waals surface area contributed by atoms with Crippen molar-refractivity contribution in [1.82, 2.24) is 0 Å². The van der Waals surface area contributed by atoms with E-state index in [0.717, 1.165) is 0 Å². The van der Waals surface area contributed by atoms with Crippen LogP contribution in [0.15, 0.2) is 121 Å². The zero-order valence-electron chi connectivity index (χ0n) is 18.1. The first kappa shape index (κ1) is 26.9. The van der Waals surface area contributed by atoms with Gasteiger partial charge in [0, 0.05) is 0 Å². The molecule has 0 heterocycles. The van der Waals surface area contributed by atoms with Gasteiger partial charge >= 0.3 is 19.5 Å². The Morgan fingerprint density at radius 2 is 0.844 bits per heavy atom. The minimum Gasteiger partial charge on any atom is -1.00 e. The van der Waals surface area contributed by atoms with E-state index >= 15 is 0 Å². The predicted molar refractivity (Wildman–Crippen MR) is 137 cm³/mol. The van der Waals surface area contributed by atoms with Gasteiger partial charge in [0.25, 0.3) is 0 Å². The molecule has 0 aromatic heterocycles. The van der Waals surface area contributed by atoms with Gasteiger partial charge in [-0.2, -0.15) is 0 Å². The molecule has 0 saturated carbocycles. The van der Waals surface area contributed by atoms with Crippen molar-refractivity contribution in [2.45, 2.75) is 19.0 Å². The van der Waals surface area contributed by atoms with Gasteiger partial charge in [-0.3, -0.25) is 0 Å². The summed E-state index contributed by atoms with van der Waals surface area (Å²) < 4.78 is 0. The summed E-state index contributed by atoms with van der Waals surface area (Å²) in [5.74, 6) is 0. The molecule has 4 aromatic rings. The van der Waals surface area contributed by atoms with Crippen molar-refractivity contribution >= 4 is 37.1 Å². The van der Waals surface area contributed by atoms with E-state index in [1.165, 1.54) is 33.8 Å². The molecule has 0 fully saturated rings. The third-order valence-electron chi connectivity index (χ3n) is 5.43. The summed E-state index contributed by atoms with van der Waals surface area (Å²) in [6, 6.07) is 44.6. The van der Waals surface area contributed by atoms with Crippen LogP contribution in [-0.4, -0.2) is 11.8 Å². The molecule has 0 aliphatic carbocycles. The average Bonchev–Trinajstić information content (AvgIpc) is 2.84. The van der Waals surface area contributed by atoms with Crippen LogP contribution < -0.4 is 33.6 Å². The fraction of sp³-hybridized carbons (Fsp3) is 0.143. The Labute approximate surface area is 214 Å². The molecule has 166 valence electrons. The van der Waals surface area contributed by atoms with Gasteiger partial charge in [0.15, 0.2) is 0 Å². The summed E-state index contributed by atoms with van der Waals surface area (Å²) in [6.07, 6.45) is 2.41. The van der Waals surface area contributed by atoms with E-state index in [1.807, 2.05) is 0 Å². The summed E-state index contributed by atoms with van der Waals surface area (Å²) >= 11 is 0. The molecule has 4 aromatic carbocycles. The molecule has 0 aliphatic rings. The molecular weight excluding hydrogens is 537 g/mol. The van der Waals surface area contributed by atoms with Crippen molar-refractivity contribution in [2.75, 3.05) is 6.16 Å². The van der Waals surface area contributed by atoms with E-state index in [4.69, 9.17) is 0 Å². The number of halogens is 1. The van der Waals surface area contributed by atoms with Crippen LogP contribution in [0.5, 0.6) is 0 Å². The van der Waals surface area contributed by atoms with Gasteiger partial charge in [-0.05, 0) is 55.3 Å². The van der Waals surface area contributed by atoms with E-state index in [0.29, 0.717) is 5.66 Å². The molecule has 4 rings (SSSR count). The predicted octanol–water partition coefficient (Wildman–Crippen LogP) is 3.03. The maximum absolute atomic E-state index is 2.37. The quantitative estimate of drug-likeness (QED) is 0.228. The zero-order chi connectivity index (χ0) is 20.6. The summed E-state index contributed by atoms with van der Waals surface area (Å²) in [5.41, 5.74) is 0.635. The summed E-state index contributed by atoms with van der Waals surface area (Å²) in [6.45, 7) is 2.37. The first-order valence-electron chi connectivity index (χ1n) is 10.6. The van der Waals surface area contributed by atoms with Crippen molar-refractivity contribution in [3.63, 3.8) is 0 Å². The molecule has 0 N–H and O–H groups in total. The van der Waals surface area contributed by atoms with Crippen molar-refractivity contribution in [2.24, 2.45) is 0 Å². The third-order valence-corrected chi connectivity index (χ3v) is 11.4. The van der Waals surface area contributed by atoms with E-state index < -0.39 is 15.8 Å². The maximum Gasteiger partial charge on any atom is 1.00 e. The molecule has 0 bridgehead atoms. The van der Waals surface area contributed by atoms with Crippen LogP contribution in [0.3, 0.4) is 0 Å². The average molecular weight is 565 g/mol. The minimum absolute atomic E-state index is 0. The SMILES string of the molecule is CCC(CP(c1ccccc1)c1ccccc1)P(c1ccccc1)c1ccccc1.[Cl-].[Rh+]. The van der Waals surface area contributed by atoms with Crippen LogP contribution in [0, 0.1) is 0 Å². The fourth-order valence-electron chi connectivity index (χ4n) is 3.93. The Morgan fingerprint density at radius 1 is 0.531 bits per heavy atom. The van der Waals surface area contributed by atoms with Crippen molar-refractivity contribution in [3.8, 4) is 0 Å². The molecule has 1 atom stereocenters. The monoisotopic (exact) mass is 564 g/mol. The Bertz CT molecular complexity index is 935. The van der Waals surface area contributed by atoms with Gasteiger partial charge in [-0.25, -0.2) is 0 Å². The topological polar surface area (TPSA) is 0 Å². The van der Waals surface area contributed by atoms with Crippen LogP contribution in [0.4, 0.5) is 0 Å². The molecule has 0 radical (unpaired) electrons. The van der Waals surface area contributed by atoms with Gasteiger partial charge in [0.1, 0.15) is 0 Å². The van der Waals surface area contributed by atoms with Gasteiger partial charge in [-0.15, -0.1) is 0 Å². The van der Waals surface area contributed by atoms with Crippen LogP contribution in [0.2, 0.25) is 0 Å². The second kappa shape index (κ2) is 14.0. The molecule has 0 spiro atoms. The summed E-state index contributed by atoms with van der Waals surface area (Å²) in [5, 5.41) is 5.93. The van der Waals surface area contributed by atoms with Gasteiger partial charge in [-0.1, -0.05) is 128 Å². The smallest absolute Gasteiger partial charge is 1.00 e. The Balaban J connectivity index is 0.00000181. The standard InChI is InChI=1S/C28H28P2.ClH.Rh/c1-2-24(30(27-19-11-5-12-20-27)28-21-13-6-14-22-28)23-29(25-15-7-3-8-16-25)26-17-9-4-10-18-26;;/h3-22,24H,2,23H2,1H3;1H;/q;;+1/p-1. The Hall–Kier alpha value is -1.35. The third kappa shape index (κ3) is 6.83. The van der Waals surface area contributed by atoms with Gasteiger partial charge < -0.3 is 12.4 Å². The van der Waals surface area contributed by atoms with Gasteiger partial charge in [0.05, 0.1) is 0 Å². The first-order chi connectivity index (χ1) is 14.9. The number of hydrogen-bond donors (Lipinski definition) is 0. The minimum atomic E-state index is -0.411. The fourth-order valence-corrected chi connectivity index (χ4v) is 10.0. The molecule has 4 heteroatoms. The van der Waals surface area contributed by atoms with Crippen molar-refractivity contribution in [1.29, 1.82) is 0 Å². The molecule has 0 saturated heterocycles. The summed E-state index contributed by atoms with van der Waals surface area (Å²) in [7, 11) is -0.804. The zero-order valence-corrected chi connectivity index (χ0v) is 22.3. The van der Waals surface area contributed by atoms with Crippen LogP contribution in [0.1, 0.15) is 13.3 Å². The molecule has 0 nitrogen and oxygen atoms in total. The molecular formula is C28H28ClP2Rh. The second-order valence-electron chi connectivity index (χ2n) is 7.38. The van der Waals surface area contributed by atoms with Crippen LogP contribution >= 0.6 is 15.8 Å². The summed E-state index contributed by atoms with van der Waals surface area (Å²) in [4.78, 5) is 0. The Morgan fingerprint density at radius 3 is 1.16 bits per heavy atom. The first-order valence-corrected chi connectivity index (χ1v) is 13.6. The van der Waals surface area contributed by atoms with E-state index in [9.17, 15) is 0 Å². The maximum atomic E-state index is 2.37. The molecule has 0 amide bonds. The van der Waals surface area contributed by atoms with E-state index in [2.05, 4.69) is 128 Å². The number of hydrogen-bond acceptors (Lipinski definition) is 0. The number of benzene rings is 4. The van der Waals surface area contributed by atoms with Crippen molar-refractivity contribution in [3.05, 3.63) is 121 Å². The van der Waals surface area contributed by atoms with Crippen LogP contribution in [0.25, 0.3) is 0 Å². The molecule has 0 aliphatic heterocycles. The molecule has 32 heavy (non-hydrogen) atoms. The number of rotatable bonds is 8. The van der Waals surface area contributed by atoms with E-state index in [-0.39, 0.29) is 31.9 Å².